The van der Waals surface area contributed by atoms with E-state index in [2.05, 4.69) is 9.97 Å². The molecule has 0 saturated heterocycles. The smallest absolute Gasteiger partial charge is 0.139 e. The van der Waals surface area contributed by atoms with E-state index in [1.165, 1.54) is 23.9 Å². The molecule has 0 fully saturated rings. The lowest BCUT2D eigenvalue weighted by Gasteiger charge is -2.10. The molecule has 1 heterocycles. The van der Waals surface area contributed by atoms with Gasteiger partial charge in [0.05, 0.1) is 5.75 Å². The summed E-state index contributed by atoms with van der Waals surface area (Å²) in [6, 6.07) is 6.55. The first kappa shape index (κ1) is 14.9. The van der Waals surface area contributed by atoms with E-state index < -0.39 is 0 Å². The van der Waals surface area contributed by atoms with Crippen LogP contribution in [0.4, 0.5) is 4.39 Å². The molecule has 2 rings (SSSR count). The van der Waals surface area contributed by atoms with Crippen LogP contribution in [-0.2, 0) is 12.2 Å². The quantitative estimate of drug-likeness (QED) is 0.860. The van der Waals surface area contributed by atoms with Gasteiger partial charge in [-0.1, -0.05) is 6.07 Å². The van der Waals surface area contributed by atoms with Crippen molar-refractivity contribution in [3.05, 3.63) is 52.9 Å². The molecule has 0 atom stereocenters. The number of hydrogen-bond acceptors (Lipinski definition) is 4. The maximum atomic E-state index is 13.1. The van der Waals surface area contributed by atoms with Crippen molar-refractivity contribution in [1.29, 1.82) is 0 Å². The molecule has 106 valence electrons. The highest BCUT2D eigenvalue weighted by molar-refractivity contribution is 7.98. The number of rotatable bonds is 5. The molecule has 0 radical (unpaired) electrons. The van der Waals surface area contributed by atoms with Gasteiger partial charge in [0.25, 0.3) is 0 Å². The summed E-state index contributed by atoms with van der Waals surface area (Å²) in [6.45, 7) is 4.56. The number of benzene rings is 1. The zero-order valence-electron chi connectivity index (χ0n) is 11.7. The zero-order valence-corrected chi connectivity index (χ0v) is 12.5. The van der Waals surface area contributed by atoms with Gasteiger partial charge in [0.2, 0.25) is 0 Å². The molecule has 3 nitrogen and oxygen atoms in total. The second-order valence-electron chi connectivity index (χ2n) is 4.57. The molecule has 2 N–H and O–H groups in total. The summed E-state index contributed by atoms with van der Waals surface area (Å²) in [4.78, 5) is 9.90. The summed E-state index contributed by atoms with van der Waals surface area (Å²) in [5, 5.41) is 0. The number of aryl methyl sites for hydroxylation is 2. The van der Waals surface area contributed by atoms with Crippen molar-refractivity contribution in [2.24, 2.45) is 5.73 Å². The third-order valence-corrected chi connectivity index (χ3v) is 4.02. The Morgan fingerprint density at radius 3 is 2.50 bits per heavy atom. The fraction of sp³-hybridized carbons (Fsp3) is 0.333. The summed E-state index contributed by atoms with van der Waals surface area (Å²) in [5.74, 6) is 1.19. The number of aromatic nitrogens is 2. The average molecular weight is 291 g/mol. The molecule has 0 saturated carbocycles. The van der Waals surface area contributed by atoms with Crippen molar-refractivity contribution in [2.45, 2.75) is 30.9 Å². The number of nitrogens with two attached hydrogens (primary N) is 1. The number of hydrogen-bond donors (Lipinski definition) is 1. The van der Waals surface area contributed by atoms with Crippen molar-refractivity contribution in [1.82, 2.24) is 9.97 Å². The maximum absolute atomic E-state index is 13.1. The van der Waals surface area contributed by atoms with Crippen molar-refractivity contribution >= 4 is 11.8 Å². The summed E-state index contributed by atoms with van der Waals surface area (Å²) >= 11 is 1.53. The normalized spacial score (nSPS) is 10.8. The molecule has 1 aromatic carbocycles. The largest absolute Gasteiger partial charge is 0.330 e. The van der Waals surface area contributed by atoms with Crippen molar-refractivity contribution in [3.63, 3.8) is 0 Å². The van der Waals surface area contributed by atoms with Crippen molar-refractivity contribution in [3.8, 4) is 0 Å². The molecule has 2 aromatic rings. The number of halogens is 1. The van der Waals surface area contributed by atoms with Crippen LogP contribution in [0.3, 0.4) is 0 Å². The molecule has 0 spiro atoms. The van der Waals surface area contributed by atoms with Crippen LogP contribution in [-0.4, -0.2) is 16.5 Å². The van der Waals surface area contributed by atoms with E-state index in [-0.39, 0.29) is 5.82 Å². The Labute approximate surface area is 122 Å². The predicted molar refractivity (Wildman–Crippen MR) is 80.2 cm³/mol. The van der Waals surface area contributed by atoms with E-state index in [9.17, 15) is 4.39 Å². The van der Waals surface area contributed by atoms with E-state index >= 15 is 0 Å². The molecule has 0 bridgehead atoms. The summed E-state index contributed by atoms with van der Waals surface area (Å²) in [6.07, 6.45) is 0.801. The molecule has 0 amide bonds. The van der Waals surface area contributed by atoms with Gasteiger partial charge in [-0.15, -0.1) is 11.8 Å². The van der Waals surface area contributed by atoms with Gasteiger partial charge in [-0.3, -0.25) is 0 Å². The lowest BCUT2D eigenvalue weighted by molar-refractivity contribution is 0.624. The highest BCUT2D eigenvalue weighted by Gasteiger charge is 2.08. The van der Waals surface area contributed by atoms with Crippen LogP contribution in [0.1, 0.15) is 22.8 Å². The Morgan fingerprint density at radius 2 is 1.90 bits per heavy atom. The second kappa shape index (κ2) is 6.81. The van der Waals surface area contributed by atoms with Gasteiger partial charge in [0.15, 0.2) is 0 Å². The SMILES string of the molecule is Cc1nc(CSc2cccc(F)c2)nc(C)c1CCN. The third-order valence-electron chi connectivity index (χ3n) is 3.03. The summed E-state index contributed by atoms with van der Waals surface area (Å²) in [7, 11) is 0. The monoisotopic (exact) mass is 291 g/mol. The van der Waals surface area contributed by atoms with Gasteiger partial charge in [0.1, 0.15) is 11.6 Å². The molecular formula is C15H18FN3S. The highest BCUT2D eigenvalue weighted by atomic mass is 32.2. The molecule has 0 aliphatic carbocycles. The standard InChI is InChI=1S/C15H18FN3S/c1-10-14(6-7-17)11(2)19-15(18-10)9-20-13-5-3-4-12(16)8-13/h3-5,8H,6-7,9,17H2,1-2H3. The van der Waals surface area contributed by atoms with Gasteiger partial charge >= 0.3 is 0 Å². The van der Waals surface area contributed by atoms with Gasteiger partial charge in [-0.2, -0.15) is 0 Å². The lowest BCUT2D eigenvalue weighted by atomic mass is 10.1. The van der Waals surface area contributed by atoms with E-state index in [1.54, 1.807) is 6.07 Å². The molecule has 20 heavy (non-hydrogen) atoms. The van der Waals surface area contributed by atoms with Crippen LogP contribution in [0.15, 0.2) is 29.2 Å². The first-order valence-corrected chi connectivity index (χ1v) is 7.50. The molecular weight excluding hydrogens is 273 g/mol. The van der Waals surface area contributed by atoms with Crippen molar-refractivity contribution in [2.75, 3.05) is 6.54 Å². The Morgan fingerprint density at radius 1 is 1.20 bits per heavy atom. The Kier molecular flexibility index (Phi) is 5.09. The zero-order chi connectivity index (χ0) is 14.5. The van der Waals surface area contributed by atoms with Crippen LogP contribution < -0.4 is 5.73 Å². The third kappa shape index (κ3) is 3.77. The predicted octanol–water partition coefficient (Wildman–Crippen LogP) is 3.03. The number of nitrogens with zero attached hydrogens (tertiary/aromatic N) is 2. The van der Waals surface area contributed by atoms with E-state index in [4.69, 9.17) is 5.73 Å². The summed E-state index contributed by atoms with van der Waals surface area (Å²) in [5.41, 5.74) is 8.69. The van der Waals surface area contributed by atoms with Crippen LogP contribution in [0.5, 0.6) is 0 Å². The Hall–Kier alpha value is -1.46. The van der Waals surface area contributed by atoms with Gasteiger partial charge in [-0.05, 0) is 50.6 Å². The Balaban J connectivity index is 2.10. The van der Waals surface area contributed by atoms with Crippen LogP contribution in [0.2, 0.25) is 0 Å². The van der Waals surface area contributed by atoms with Gasteiger partial charge < -0.3 is 5.73 Å². The highest BCUT2D eigenvalue weighted by Crippen LogP contribution is 2.22. The molecule has 0 aliphatic rings. The van der Waals surface area contributed by atoms with Crippen LogP contribution in [0, 0.1) is 19.7 Å². The van der Waals surface area contributed by atoms with Crippen LogP contribution in [0.25, 0.3) is 0 Å². The summed E-state index contributed by atoms with van der Waals surface area (Å²) < 4.78 is 13.1. The first-order valence-electron chi connectivity index (χ1n) is 6.51. The van der Waals surface area contributed by atoms with Gasteiger partial charge in [-0.25, -0.2) is 14.4 Å². The topological polar surface area (TPSA) is 51.8 Å². The molecule has 0 unspecified atom stereocenters. The van der Waals surface area contributed by atoms with E-state index in [1.807, 2.05) is 19.9 Å². The Bertz CT molecular complexity index is 578. The fourth-order valence-corrected chi connectivity index (χ4v) is 2.88. The maximum Gasteiger partial charge on any atom is 0.139 e. The lowest BCUT2D eigenvalue weighted by Crippen LogP contribution is -2.10. The molecule has 5 heteroatoms. The average Bonchev–Trinajstić information content (AvgIpc) is 2.41. The minimum atomic E-state index is -0.221. The fourth-order valence-electron chi connectivity index (χ4n) is 2.08. The minimum Gasteiger partial charge on any atom is -0.330 e. The van der Waals surface area contributed by atoms with Gasteiger partial charge in [0, 0.05) is 16.3 Å². The molecule has 0 aliphatic heterocycles. The van der Waals surface area contributed by atoms with E-state index in [0.717, 1.165) is 34.1 Å². The first-order chi connectivity index (χ1) is 9.60. The minimum absolute atomic E-state index is 0.221. The van der Waals surface area contributed by atoms with Crippen molar-refractivity contribution < 1.29 is 4.39 Å². The van der Waals surface area contributed by atoms with E-state index in [0.29, 0.717) is 12.3 Å². The second-order valence-corrected chi connectivity index (χ2v) is 5.62. The number of thioether (sulfide) groups is 1. The van der Waals surface area contributed by atoms with Crippen LogP contribution >= 0.6 is 11.8 Å². The molecule has 1 aromatic heterocycles.